The molecule has 0 heterocycles. The number of benzene rings is 2. The Bertz CT molecular complexity index is 1080. The summed E-state index contributed by atoms with van der Waals surface area (Å²) in [6.45, 7) is 11.5. The lowest BCUT2D eigenvalue weighted by Crippen LogP contribution is -1.97. The summed E-state index contributed by atoms with van der Waals surface area (Å²) >= 11 is 0. The monoisotopic (exact) mass is 422 g/mol. The van der Waals surface area contributed by atoms with Crippen molar-refractivity contribution >= 4 is 0 Å². The van der Waals surface area contributed by atoms with Gasteiger partial charge in [-0.15, -0.1) is 0 Å². The molecule has 1 aliphatic carbocycles. The minimum Gasteiger partial charge on any atom is -0.513 e. The van der Waals surface area contributed by atoms with E-state index in [1.165, 1.54) is 36.8 Å². The summed E-state index contributed by atoms with van der Waals surface area (Å²) in [5, 5.41) is 9.37. The molecular weight excluding hydrogens is 388 g/mol. The zero-order chi connectivity index (χ0) is 23.3. The quantitative estimate of drug-likeness (QED) is 0.302. The normalized spacial score (nSPS) is 13.8. The molecule has 1 saturated carbocycles. The van der Waals surface area contributed by atoms with Gasteiger partial charge in [0.05, 0.1) is 5.76 Å². The van der Waals surface area contributed by atoms with Crippen molar-refractivity contribution in [1.82, 2.24) is 0 Å². The number of hydrogen-bond acceptors (Lipinski definition) is 1. The van der Waals surface area contributed by atoms with Gasteiger partial charge in [0.25, 0.3) is 0 Å². The SMILES string of the molecule is C=C/C(C#Cc1ccc(C#Cc2ccc(C)cc2)cc1C1CCCC1)=C\C=C(/C)O.CC. The van der Waals surface area contributed by atoms with E-state index in [1.807, 2.05) is 13.8 Å². The number of allylic oxidation sites excluding steroid dienone is 5. The Kier molecular flexibility index (Phi) is 10.2. The third-order valence-electron chi connectivity index (χ3n) is 5.31. The van der Waals surface area contributed by atoms with Gasteiger partial charge in [-0.1, -0.05) is 80.7 Å². The minimum atomic E-state index is 0.249. The maximum atomic E-state index is 9.37. The molecular formula is C31H34O. The second kappa shape index (κ2) is 13.1. The number of aliphatic hydroxyl groups excluding tert-OH is 1. The summed E-state index contributed by atoms with van der Waals surface area (Å²) in [6.07, 6.45) is 10.1. The molecule has 2 aromatic carbocycles. The van der Waals surface area contributed by atoms with Crippen molar-refractivity contribution in [3.05, 3.63) is 106 Å². The summed E-state index contributed by atoms with van der Waals surface area (Å²) in [6, 6.07) is 14.7. The van der Waals surface area contributed by atoms with Gasteiger partial charge >= 0.3 is 0 Å². The van der Waals surface area contributed by atoms with Gasteiger partial charge in [-0.3, -0.25) is 0 Å². The molecule has 0 atom stereocenters. The van der Waals surface area contributed by atoms with Crippen LogP contribution in [0.4, 0.5) is 0 Å². The summed E-state index contributed by atoms with van der Waals surface area (Å²) < 4.78 is 0. The summed E-state index contributed by atoms with van der Waals surface area (Å²) in [4.78, 5) is 0. The minimum absolute atomic E-state index is 0.249. The van der Waals surface area contributed by atoms with E-state index >= 15 is 0 Å². The van der Waals surface area contributed by atoms with Crippen LogP contribution in [0.2, 0.25) is 0 Å². The van der Waals surface area contributed by atoms with Crippen LogP contribution in [0.5, 0.6) is 0 Å². The molecule has 1 N–H and O–H groups in total. The van der Waals surface area contributed by atoms with Gasteiger partial charge in [-0.25, -0.2) is 0 Å². The summed E-state index contributed by atoms with van der Waals surface area (Å²) in [5.74, 6) is 13.9. The van der Waals surface area contributed by atoms with Crippen LogP contribution in [-0.4, -0.2) is 5.11 Å². The van der Waals surface area contributed by atoms with E-state index in [4.69, 9.17) is 0 Å². The molecule has 1 aliphatic rings. The first-order chi connectivity index (χ1) is 15.5. The van der Waals surface area contributed by atoms with E-state index in [-0.39, 0.29) is 5.76 Å². The highest BCUT2D eigenvalue weighted by Crippen LogP contribution is 2.36. The van der Waals surface area contributed by atoms with E-state index in [0.717, 1.165) is 22.3 Å². The average Bonchev–Trinajstić information content (AvgIpc) is 3.35. The third kappa shape index (κ3) is 7.68. The molecule has 1 fully saturated rings. The zero-order valence-electron chi connectivity index (χ0n) is 19.8. The topological polar surface area (TPSA) is 20.2 Å². The van der Waals surface area contributed by atoms with E-state index in [0.29, 0.717) is 5.92 Å². The van der Waals surface area contributed by atoms with Gasteiger partial charge in [0.1, 0.15) is 0 Å². The lowest BCUT2D eigenvalue weighted by atomic mass is 9.91. The van der Waals surface area contributed by atoms with Crippen LogP contribution >= 0.6 is 0 Å². The smallest absolute Gasteiger partial charge is 0.0892 e. The van der Waals surface area contributed by atoms with Crippen molar-refractivity contribution < 1.29 is 5.11 Å². The van der Waals surface area contributed by atoms with Crippen molar-refractivity contribution in [3.8, 4) is 23.7 Å². The van der Waals surface area contributed by atoms with Gasteiger partial charge in [0.15, 0.2) is 0 Å². The lowest BCUT2D eigenvalue weighted by Gasteiger charge is -2.12. The second-order valence-electron chi connectivity index (χ2n) is 7.78. The van der Waals surface area contributed by atoms with Crippen LogP contribution in [0.25, 0.3) is 0 Å². The molecule has 1 heteroatoms. The lowest BCUT2D eigenvalue weighted by molar-refractivity contribution is 0.414. The van der Waals surface area contributed by atoms with Crippen molar-refractivity contribution in [2.24, 2.45) is 0 Å². The Labute approximate surface area is 194 Å². The summed E-state index contributed by atoms with van der Waals surface area (Å²) in [7, 11) is 0. The molecule has 0 bridgehead atoms. The largest absolute Gasteiger partial charge is 0.513 e. The molecule has 0 aromatic heterocycles. The van der Waals surface area contributed by atoms with E-state index in [2.05, 4.69) is 79.6 Å². The fourth-order valence-corrected chi connectivity index (χ4v) is 3.62. The Morgan fingerprint density at radius 2 is 1.56 bits per heavy atom. The van der Waals surface area contributed by atoms with Crippen LogP contribution in [-0.2, 0) is 0 Å². The standard InChI is InChI=1S/C29H28O.C2H6/c1-4-24(14-11-23(3)30)17-19-28-20-18-26(21-29(28)27-7-5-6-8-27)16-15-25-12-9-22(2)10-13-25;1-2/h4,9-14,18,20-21,27,30H,1,5-8H2,2-3H3;1-2H3/b23-11+,24-14+;. The average molecular weight is 423 g/mol. The van der Waals surface area contributed by atoms with E-state index in [1.54, 1.807) is 25.2 Å². The zero-order valence-corrected chi connectivity index (χ0v) is 19.8. The molecule has 0 spiro atoms. The molecule has 3 rings (SSSR count). The third-order valence-corrected chi connectivity index (χ3v) is 5.31. The predicted octanol–water partition coefficient (Wildman–Crippen LogP) is 8.00. The summed E-state index contributed by atoms with van der Waals surface area (Å²) in [5.41, 5.74) is 6.43. The van der Waals surface area contributed by atoms with Crippen molar-refractivity contribution in [2.45, 2.75) is 59.3 Å². The van der Waals surface area contributed by atoms with Crippen molar-refractivity contribution in [1.29, 1.82) is 0 Å². The van der Waals surface area contributed by atoms with Crippen LogP contribution in [0.3, 0.4) is 0 Å². The molecule has 0 amide bonds. The Morgan fingerprint density at radius 1 is 0.938 bits per heavy atom. The maximum absolute atomic E-state index is 9.37. The molecule has 0 saturated heterocycles. The number of rotatable bonds is 3. The first-order valence-electron chi connectivity index (χ1n) is 11.5. The van der Waals surface area contributed by atoms with Crippen molar-refractivity contribution in [3.63, 3.8) is 0 Å². The Hall–Kier alpha value is -3.42. The van der Waals surface area contributed by atoms with E-state index < -0.39 is 0 Å². The maximum Gasteiger partial charge on any atom is 0.0892 e. The highest BCUT2D eigenvalue weighted by atomic mass is 16.3. The number of aryl methyl sites for hydroxylation is 1. The van der Waals surface area contributed by atoms with Gasteiger partial charge in [-0.2, -0.15) is 0 Å². The van der Waals surface area contributed by atoms with Gasteiger partial charge in [0.2, 0.25) is 0 Å². The number of hydrogen-bond donors (Lipinski definition) is 1. The molecule has 2 aromatic rings. The Balaban J connectivity index is 0.00000176. The van der Waals surface area contributed by atoms with Gasteiger partial charge in [0, 0.05) is 22.3 Å². The molecule has 0 aliphatic heterocycles. The fourth-order valence-electron chi connectivity index (χ4n) is 3.62. The fraction of sp³-hybridized carbons (Fsp3) is 0.290. The van der Waals surface area contributed by atoms with Crippen LogP contribution in [0.15, 0.2) is 78.6 Å². The molecule has 32 heavy (non-hydrogen) atoms. The van der Waals surface area contributed by atoms with Crippen LogP contribution in [0.1, 0.15) is 80.2 Å². The van der Waals surface area contributed by atoms with Crippen LogP contribution < -0.4 is 0 Å². The molecule has 164 valence electrons. The van der Waals surface area contributed by atoms with Crippen molar-refractivity contribution in [2.75, 3.05) is 0 Å². The van der Waals surface area contributed by atoms with Crippen LogP contribution in [0, 0.1) is 30.6 Å². The Morgan fingerprint density at radius 3 is 2.19 bits per heavy atom. The molecule has 0 unspecified atom stereocenters. The highest BCUT2D eigenvalue weighted by Gasteiger charge is 2.19. The molecule has 0 radical (unpaired) electrons. The first kappa shape index (κ1) is 24.8. The van der Waals surface area contributed by atoms with Gasteiger partial charge < -0.3 is 5.11 Å². The first-order valence-corrected chi connectivity index (χ1v) is 11.5. The highest BCUT2D eigenvalue weighted by molar-refractivity contribution is 5.54. The number of aliphatic hydroxyl groups is 1. The second-order valence-corrected chi connectivity index (χ2v) is 7.78. The molecule has 1 nitrogen and oxygen atoms in total. The van der Waals surface area contributed by atoms with E-state index in [9.17, 15) is 5.11 Å². The van der Waals surface area contributed by atoms with Gasteiger partial charge in [-0.05, 0) is 80.7 Å². The predicted molar refractivity (Wildman–Crippen MR) is 138 cm³/mol.